The molecule has 0 spiro atoms. The van der Waals surface area contributed by atoms with Crippen LogP contribution in [0.25, 0.3) is 16.9 Å². The number of hydrogen-bond acceptors (Lipinski definition) is 4. The van der Waals surface area contributed by atoms with E-state index in [4.69, 9.17) is 16.7 Å². The summed E-state index contributed by atoms with van der Waals surface area (Å²) in [6, 6.07) is 24.1. The number of fused-ring (bicyclic) bond motifs is 1. The van der Waals surface area contributed by atoms with E-state index in [9.17, 15) is 9.59 Å². The quantitative estimate of drug-likeness (QED) is 0.271. The number of carbonyl (C=O) groups excluding carboxylic acids is 2. The van der Waals surface area contributed by atoms with E-state index in [1.165, 1.54) is 0 Å². The minimum absolute atomic E-state index is 0.00943. The van der Waals surface area contributed by atoms with Crippen molar-refractivity contribution in [3.63, 3.8) is 0 Å². The standard InChI is InChI=1S/C32H31ClN4O2S/c1-21-9-15-25(16-10-21)37-32-29(30(34-37)23-11-13-24(33)14-12-23)31(26-8-4-3-7-22(26)2)40-20-28(39)36(32)19-27(38)35-17-5-6-18-35/h3-4,7-16,31H,5-6,17-20H2,1-2H3/t31-/m1/s1. The normalized spacial score (nSPS) is 17.2. The Kier molecular flexibility index (Phi) is 7.43. The molecule has 0 unspecified atom stereocenters. The van der Waals surface area contributed by atoms with Gasteiger partial charge in [0.2, 0.25) is 11.8 Å². The first-order chi connectivity index (χ1) is 19.4. The van der Waals surface area contributed by atoms with E-state index in [0.717, 1.165) is 65.1 Å². The zero-order valence-corrected chi connectivity index (χ0v) is 24.2. The number of nitrogens with zero attached hydrogens (tertiary/aromatic N) is 4. The van der Waals surface area contributed by atoms with E-state index in [2.05, 4.69) is 19.1 Å². The first-order valence-corrected chi connectivity index (χ1v) is 15.0. The highest BCUT2D eigenvalue weighted by Gasteiger charge is 2.38. The average molecular weight is 571 g/mol. The van der Waals surface area contributed by atoms with E-state index in [1.807, 2.05) is 77.2 Å². The summed E-state index contributed by atoms with van der Waals surface area (Å²) in [5, 5.41) is 5.66. The highest BCUT2D eigenvalue weighted by molar-refractivity contribution is 8.00. The Morgan fingerprint density at radius 2 is 1.68 bits per heavy atom. The number of halogens is 1. The van der Waals surface area contributed by atoms with Crippen LogP contribution in [0.1, 0.15) is 40.3 Å². The lowest BCUT2D eigenvalue weighted by atomic mass is 9.96. The third-order valence-electron chi connectivity index (χ3n) is 7.71. The van der Waals surface area contributed by atoms with Crippen molar-refractivity contribution in [3.05, 3.63) is 100 Å². The summed E-state index contributed by atoms with van der Waals surface area (Å²) in [6.07, 6.45) is 2.00. The van der Waals surface area contributed by atoms with Crippen molar-refractivity contribution in [1.82, 2.24) is 14.7 Å². The lowest BCUT2D eigenvalue weighted by Crippen LogP contribution is -2.43. The smallest absolute Gasteiger partial charge is 0.242 e. The third kappa shape index (κ3) is 5.04. The number of thioether (sulfide) groups is 1. The van der Waals surface area contributed by atoms with Crippen molar-refractivity contribution in [2.24, 2.45) is 0 Å². The second-order valence-corrected chi connectivity index (χ2v) is 12.0. The first-order valence-electron chi connectivity index (χ1n) is 13.6. The van der Waals surface area contributed by atoms with Crippen LogP contribution in [0.4, 0.5) is 5.82 Å². The molecular formula is C32H31ClN4O2S. The van der Waals surface area contributed by atoms with E-state index in [-0.39, 0.29) is 29.4 Å². The first kappa shape index (κ1) is 26.7. The minimum Gasteiger partial charge on any atom is -0.341 e. The van der Waals surface area contributed by atoms with E-state index < -0.39 is 0 Å². The van der Waals surface area contributed by atoms with Gasteiger partial charge >= 0.3 is 0 Å². The van der Waals surface area contributed by atoms with Crippen LogP contribution < -0.4 is 4.90 Å². The van der Waals surface area contributed by atoms with Crippen LogP contribution in [0.2, 0.25) is 5.02 Å². The van der Waals surface area contributed by atoms with Crippen LogP contribution in [0.15, 0.2) is 72.8 Å². The zero-order chi connectivity index (χ0) is 27.8. The average Bonchev–Trinajstić information content (AvgIpc) is 3.60. The maximum Gasteiger partial charge on any atom is 0.242 e. The number of hydrogen-bond donors (Lipinski definition) is 0. The molecule has 3 aromatic carbocycles. The van der Waals surface area contributed by atoms with Crippen LogP contribution in [-0.4, -0.2) is 51.9 Å². The molecule has 3 heterocycles. The summed E-state index contributed by atoms with van der Waals surface area (Å²) in [7, 11) is 0. The maximum atomic E-state index is 13.9. The topological polar surface area (TPSA) is 58.4 Å². The van der Waals surface area contributed by atoms with Crippen LogP contribution in [0.3, 0.4) is 0 Å². The van der Waals surface area contributed by atoms with Gasteiger partial charge in [0.15, 0.2) is 0 Å². The Balaban J connectivity index is 1.62. The Hall–Kier alpha value is -3.55. The fourth-order valence-electron chi connectivity index (χ4n) is 5.53. The fraction of sp³-hybridized carbons (Fsp3) is 0.281. The largest absolute Gasteiger partial charge is 0.341 e. The van der Waals surface area contributed by atoms with Crippen molar-refractivity contribution >= 4 is 41.0 Å². The minimum atomic E-state index is -0.156. The van der Waals surface area contributed by atoms with Crippen molar-refractivity contribution in [2.75, 3.05) is 30.3 Å². The molecule has 204 valence electrons. The monoisotopic (exact) mass is 570 g/mol. The molecule has 8 heteroatoms. The molecule has 6 nitrogen and oxygen atoms in total. The maximum absolute atomic E-state index is 13.9. The van der Waals surface area contributed by atoms with Gasteiger partial charge in [0.1, 0.15) is 12.4 Å². The van der Waals surface area contributed by atoms with Gasteiger partial charge in [-0.2, -0.15) is 5.10 Å². The molecule has 0 saturated carbocycles. The molecule has 0 aliphatic carbocycles. The Morgan fingerprint density at radius 3 is 2.38 bits per heavy atom. The van der Waals surface area contributed by atoms with Gasteiger partial charge in [-0.15, -0.1) is 11.8 Å². The predicted molar refractivity (Wildman–Crippen MR) is 162 cm³/mol. The Morgan fingerprint density at radius 1 is 0.975 bits per heavy atom. The SMILES string of the molecule is Cc1ccc(-n2nc(-c3ccc(Cl)cc3)c3c2N(CC(=O)N2CCCC2)C(=O)CS[C@@H]3c2ccccc2C)cc1. The molecule has 0 bridgehead atoms. The van der Waals surface area contributed by atoms with Gasteiger partial charge in [0, 0.05) is 29.2 Å². The van der Waals surface area contributed by atoms with E-state index in [1.54, 1.807) is 16.7 Å². The highest BCUT2D eigenvalue weighted by atomic mass is 35.5. The number of anilines is 1. The number of likely N-dealkylation sites (tertiary alicyclic amines) is 1. The molecule has 1 fully saturated rings. The molecule has 1 atom stereocenters. The van der Waals surface area contributed by atoms with Crippen molar-refractivity contribution in [1.29, 1.82) is 0 Å². The van der Waals surface area contributed by atoms with Crippen LogP contribution in [0.5, 0.6) is 0 Å². The number of aromatic nitrogens is 2. The summed E-state index contributed by atoms with van der Waals surface area (Å²) in [6.45, 7) is 5.61. The van der Waals surface area contributed by atoms with Crippen LogP contribution >= 0.6 is 23.4 Å². The summed E-state index contributed by atoms with van der Waals surface area (Å²) in [5.74, 6) is 0.797. The number of carbonyl (C=O) groups is 2. The lowest BCUT2D eigenvalue weighted by Gasteiger charge is -2.25. The summed E-state index contributed by atoms with van der Waals surface area (Å²) in [4.78, 5) is 30.9. The number of rotatable bonds is 5. The molecule has 2 aliphatic rings. The molecule has 4 aromatic rings. The molecule has 2 amide bonds. The van der Waals surface area contributed by atoms with Gasteiger partial charge in [0.25, 0.3) is 0 Å². The molecule has 1 aromatic heterocycles. The predicted octanol–water partition coefficient (Wildman–Crippen LogP) is 6.60. The van der Waals surface area contributed by atoms with Gasteiger partial charge in [-0.05, 0) is 62.1 Å². The molecule has 1 saturated heterocycles. The summed E-state index contributed by atoms with van der Waals surface area (Å²) < 4.78 is 1.85. The number of benzene rings is 3. The second-order valence-electron chi connectivity index (χ2n) is 10.5. The fourth-order valence-corrected chi connectivity index (χ4v) is 6.95. The summed E-state index contributed by atoms with van der Waals surface area (Å²) in [5.41, 5.74) is 6.86. The van der Waals surface area contributed by atoms with Gasteiger partial charge in [-0.3, -0.25) is 14.5 Å². The molecule has 2 aliphatic heterocycles. The van der Waals surface area contributed by atoms with Gasteiger partial charge in [0.05, 0.1) is 22.4 Å². The molecule has 40 heavy (non-hydrogen) atoms. The Labute approximate surface area is 243 Å². The molecule has 0 N–H and O–H groups in total. The lowest BCUT2D eigenvalue weighted by molar-refractivity contribution is -0.130. The van der Waals surface area contributed by atoms with Gasteiger partial charge < -0.3 is 4.90 Å². The molecule has 0 radical (unpaired) electrons. The van der Waals surface area contributed by atoms with E-state index in [0.29, 0.717) is 10.8 Å². The number of amides is 2. The highest BCUT2D eigenvalue weighted by Crippen LogP contribution is 2.49. The van der Waals surface area contributed by atoms with Crippen molar-refractivity contribution in [3.8, 4) is 16.9 Å². The van der Waals surface area contributed by atoms with Crippen LogP contribution in [-0.2, 0) is 9.59 Å². The Bertz CT molecular complexity index is 1560. The van der Waals surface area contributed by atoms with E-state index >= 15 is 0 Å². The van der Waals surface area contributed by atoms with Gasteiger partial charge in [-0.1, -0.05) is 65.7 Å². The molecule has 6 rings (SSSR count). The second kappa shape index (κ2) is 11.1. The third-order valence-corrected chi connectivity index (χ3v) is 9.20. The molecular weight excluding hydrogens is 540 g/mol. The van der Waals surface area contributed by atoms with Crippen molar-refractivity contribution < 1.29 is 9.59 Å². The summed E-state index contributed by atoms with van der Waals surface area (Å²) >= 11 is 7.86. The number of aryl methyl sites for hydroxylation is 2. The van der Waals surface area contributed by atoms with Crippen molar-refractivity contribution in [2.45, 2.75) is 31.9 Å². The van der Waals surface area contributed by atoms with Gasteiger partial charge in [-0.25, -0.2) is 4.68 Å². The zero-order valence-electron chi connectivity index (χ0n) is 22.6. The van der Waals surface area contributed by atoms with Crippen LogP contribution in [0, 0.1) is 13.8 Å².